The van der Waals surface area contributed by atoms with E-state index in [0.717, 1.165) is 39.0 Å². The summed E-state index contributed by atoms with van der Waals surface area (Å²) in [6.07, 6.45) is 4.27. The van der Waals surface area contributed by atoms with Crippen LogP contribution in [-0.4, -0.2) is 23.0 Å². The Bertz CT molecular complexity index is 617. The Labute approximate surface area is 126 Å². The lowest BCUT2D eigenvalue weighted by molar-refractivity contribution is 0.0574. The van der Waals surface area contributed by atoms with Crippen molar-refractivity contribution in [3.05, 3.63) is 65.5 Å². The fourth-order valence-electron chi connectivity index (χ4n) is 3.90. The Kier molecular flexibility index (Phi) is 3.24. The monoisotopic (exact) mass is 279 g/mol. The van der Waals surface area contributed by atoms with Crippen LogP contribution in [0.4, 0.5) is 0 Å². The summed E-state index contributed by atoms with van der Waals surface area (Å²) in [5, 5.41) is 3.50. The number of nitrogens with zero attached hydrogens (tertiary/aromatic N) is 2. The van der Waals surface area contributed by atoms with Gasteiger partial charge >= 0.3 is 0 Å². The molecule has 0 bridgehead atoms. The highest BCUT2D eigenvalue weighted by molar-refractivity contribution is 5.34. The molecule has 1 N–H and O–H groups in total. The van der Waals surface area contributed by atoms with Crippen LogP contribution in [-0.2, 0) is 18.6 Å². The fourth-order valence-corrected chi connectivity index (χ4v) is 3.90. The molecule has 0 radical (unpaired) electrons. The van der Waals surface area contributed by atoms with Crippen LogP contribution in [0.3, 0.4) is 0 Å². The highest BCUT2D eigenvalue weighted by Gasteiger charge is 2.46. The fraction of sp³-hybridized carbons (Fsp3) is 0.389. The van der Waals surface area contributed by atoms with Gasteiger partial charge in [-0.3, -0.25) is 9.88 Å². The Morgan fingerprint density at radius 1 is 1.05 bits per heavy atom. The van der Waals surface area contributed by atoms with Gasteiger partial charge in [-0.15, -0.1) is 0 Å². The Balaban J connectivity index is 1.70. The highest BCUT2D eigenvalue weighted by Crippen LogP contribution is 2.44. The van der Waals surface area contributed by atoms with E-state index in [1.165, 1.54) is 16.8 Å². The number of pyridine rings is 1. The van der Waals surface area contributed by atoms with Crippen LogP contribution < -0.4 is 5.32 Å². The van der Waals surface area contributed by atoms with E-state index in [4.69, 9.17) is 4.98 Å². The second-order valence-corrected chi connectivity index (χ2v) is 6.13. The predicted octanol–water partition coefficient (Wildman–Crippen LogP) is 2.68. The van der Waals surface area contributed by atoms with Crippen molar-refractivity contribution in [3.63, 3.8) is 0 Å². The van der Waals surface area contributed by atoms with Crippen molar-refractivity contribution in [2.45, 2.75) is 31.5 Å². The zero-order valence-corrected chi connectivity index (χ0v) is 12.3. The summed E-state index contributed by atoms with van der Waals surface area (Å²) in [4.78, 5) is 7.40. The maximum Gasteiger partial charge on any atom is 0.0667 e. The summed E-state index contributed by atoms with van der Waals surface area (Å²) in [6.45, 7) is 4.21. The molecule has 2 aromatic rings. The normalized spacial score (nSPS) is 20.6. The topological polar surface area (TPSA) is 28.2 Å². The first kappa shape index (κ1) is 13.0. The molecule has 0 saturated carbocycles. The van der Waals surface area contributed by atoms with Crippen LogP contribution in [0.15, 0.2) is 48.7 Å². The third-order valence-electron chi connectivity index (χ3n) is 4.95. The van der Waals surface area contributed by atoms with E-state index < -0.39 is 0 Å². The van der Waals surface area contributed by atoms with E-state index in [9.17, 15) is 0 Å². The summed E-state index contributed by atoms with van der Waals surface area (Å²) in [7, 11) is 0. The number of hydrogen-bond acceptors (Lipinski definition) is 3. The first-order valence-electron chi connectivity index (χ1n) is 7.83. The van der Waals surface area contributed by atoms with Gasteiger partial charge in [-0.1, -0.05) is 36.4 Å². The molecule has 2 aliphatic rings. The number of nitrogens with one attached hydrogen (secondary N) is 1. The van der Waals surface area contributed by atoms with Crippen molar-refractivity contribution in [2.24, 2.45) is 0 Å². The number of piperidine rings is 1. The molecule has 3 heterocycles. The van der Waals surface area contributed by atoms with Crippen molar-refractivity contribution >= 4 is 0 Å². The second-order valence-electron chi connectivity index (χ2n) is 6.13. The smallest absolute Gasteiger partial charge is 0.0667 e. The quantitative estimate of drug-likeness (QED) is 0.916. The molecule has 1 fully saturated rings. The Morgan fingerprint density at radius 2 is 1.86 bits per heavy atom. The summed E-state index contributed by atoms with van der Waals surface area (Å²) in [5.41, 5.74) is 4.26. The van der Waals surface area contributed by atoms with Gasteiger partial charge in [0.1, 0.15) is 0 Å². The lowest BCUT2D eigenvalue weighted by Gasteiger charge is -2.42. The predicted molar refractivity (Wildman–Crippen MR) is 83.7 cm³/mol. The van der Waals surface area contributed by atoms with Crippen molar-refractivity contribution in [1.29, 1.82) is 0 Å². The minimum absolute atomic E-state index is 0.137. The Morgan fingerprint density at radius 3 is 2.67 bits per heavy atom. The molecule has 3 nitrogen and oxygen atoms in total. The molecular weight excluding hydrogens is 258 g/mol. The van der Waals surface area contributed by atoms with Crippen LogP contribution in [0.25, 0.3) is 0 Å². The van der Waals surface area contributed by atoms with Gasteiger partial charge in [0.15, 0.2) is 0 Å². The summed E-state index contributed by atoms with van der Waals surface area (Å²) >= 11 is 0. The van der Waals surface area contributed by atoms with Gasteiger partial charge in [0, 0.05) is 19.3 Å². The molecule has 108 valence electrons. The average molecular weight is 279 g/mol. The number of hydrogen-bond donors (Lipinski definition) is 1. The number of aromatic nitrogens is 1. The molecule has 1 spiro atoms. The van der Waals surface area contributed by atoms with Gasteiger partial charge in [-0.2, -0.15) is 0 Å². The second kappa shape index (κ2) is 5.24. The van der Waals surface area contributed by atoms with E-state index in [0.29, 0.717) is 0 Å². The van der Waals surface area contributed by atoms with Crippen LogP contribution in [0.1, 0.15) is 29.7 Å². The molecule has 1 saturated heterocycles. The third-order valence-corrected chi connectivity index (χ3v) is 4.95. The number of fused-ring (bicyclic) bond motifs is 2. The third kappa shape index (κ3) is 2.17. The first-order valence-corrected chi connectivity index (χ1v) is 7.83. The lowest BCUT2D eigenvalue weighted by Crippen LogP contribution is -2.48. The van der Waals surface area contributed by atoms with E-state index in [2.05, 4.69) is 52.7 Å². The summed E-state index contributed by atoms with van der Waals surface area (Å²) in [5.74, 6) is 0. The molecule has 3 heteroatoms. The van der Waals surface area contributed by atoms with E-state index >= 15 is 0 Å². The molecule has 0 aliphatic carbocycles. The van der Waals surface area contributed by atoms with Gasteiger partial charge in [-0.25, -0.2) is 0 Å². The molecule has 0 amide bonds. The van der Waals surface area contributed by atoms with Crippen molar-refractivity contribution in [2.75, 3.05) is 13.1 Å². The van der Waals surface area contributed by atoms with Gasteiger partial charge in [0.25, 0.3) is 0 Å². The van der Waals surface area contributed by atoms with Gasteiger partial charge in [-0.05, 0) is 43.1 Å². The van der Waals surface area contributed by atoms with E-state index in [1.807, 2.05) is 6.20 Å². The molecule has 1 aromatic carbocycles. The molecule has 21 heavy (non-hydrogen) atoms. The van der Waals surface area contributed by atoms with Gasteiger partial charge in [0.05, 0.1) is 11.2 Å². The van der Waals surface area contributed by atoms with Crippen LogP contribution in [0, 0.1) is 0 Å². The molecule has 1 aromatic heterocycles. The summed E-state index contributed by atoms with van der Waals surface area (Å²) in [6, 6.07) is 15.1. The molecular formula is C18H21N3. The minimum Gasteiger partial charge on any atom is -0.317 e. The summed E-state index contributed by atoms with van der Waals surface area (Å²) < 4.78 is 0. The number of rotatable bonds is 2. The van der Waals surface area contributed by atoms with Crippen molar-refractivity contribution in [3.8, 4) is 0 Å². The average Bonchev–Trinajstić information content (AvgIpc) is 2.83. The van der Waals surface area contributed by atoms with Crippen LogP contribution in [0.5, 0.6) is 0 Å². The molecule has 2 aliphatic heterocycles. The Hall–Kier alpha value is -1.71. The van der Waals surface area contributed by atoms with Crippen LogP contribution >= 0.6 is 0 Å². The molecule has 0 atom stereocenters. The van der Waals surface area contributed by atoms with Gasteiger partial charge < -0.3 is 5.32 Å². The first-order chi connectivity index (χ1) is 10.4. The highest BCUT2D eigenvalue weighted by atomic mass is 15.2. The maximum atomic E-state index is 4.76. The maximum absolute atomic E-state index is 4.76. The minimum atomic E-state index is 0.137. The van der Waals surface area contributed by atoms with Gasteiger partial charge in [0.2, 0.25) is 0 Å². The lowest BCUT2D eigenvalue weighted by atomic mass is 9.84. The molecule has 4 rings (SSSR count). The zero-order valence-electron chi connectivity index (χ0n) is 12.3. The number of benzene rings is 1. The SMILES string of the molecule is c1ccc(CN2Cc3cccnc3C23CCNCC3)cc1. The van der Waals surface area contributed by atoms with E-state index in [1.54, 1.807) is 0 Å². The van der Waals surface area contributed by atoms with Crippen LogP contribution in [0.2, 0.25) is 0 Å². The largest absolute Gasteiger partial charge is 0.317 e. The standard InChI is InChI=1S/C18H21N3/c1-2-5-15(6-3-1)13-21-14-16-7-4-10-20-17(16)18(21)8-11-19-12-9-18/h1-7,10,19H,8-9,11-14H2. The zero-order chi connectivity index (χ0) is 14.1. The van der Waals surface area contributed by atoms with Crippen molar-refractivity contribution < 1.29 is 0 Å². The van der Waals surface area contributed by atoms with E-state index in [-0.39, 0.29) is 5.54 Å². The van der Waals surface area contributed by atoms with Crippen molar-refractivity contribution in [1.82, 2.24) is 15.2 Å². The molecule has 0 unspecified atom stereocenters.